The highest BCUT2D eigenvalue weighted by atomic mass is 32.2. The molecular formula is C25H29N3O6S3. The molecule has 37 heavy (non-hydrogen) atoms. The number of nitrogens with zero attached hydrogens (tertiary/aromatic N) is 1. The number of sulfone groups is 1. The molecule has 0 radical (unpaired) electrons. The average molecular weight is 564 g/mol. The molecule has 1 aromatic heterocycles. The number of rotatable bonds is 4. The Bertz CT molecular complexity index is 1370. The highest BCUT2D eigenvalue weighted by Gasteiger charge is 2.23. The van der Waals surface area contributed by atoms with E-state index in [-0.39, 0.29) is 17.8 Å². The maximum atomic E-state index is 12.3. The highest BCUT2D eigenvalue weighted by molar-refractivity contribution is 7.96. The molecule has 3 aromatic carbocycles. The van der Waals surface area contributed by atoms with Gasteiger partial charge in [-0.1, -0.05) is 93.3 Å². The van der Waals surface area contributed by atoms with Crippen LogP contribution in [0.15, 0.2) is 94.2 Å². The van der Waals surface area contributed by atoms with E-state index in [9.17, 15) is 8.42 Å². The molecule has 0 saturated carbocycles. The fourth-order valence-corrected chi connectivity index (χ4v) is 3.86. The summed E-state index contributed by atoms with van der Waals surface area (Å²) in [5.41, 5.74) is 11.5. The molecule has 1 heterocycles. The monoisotopic (exact) mass is 563 g/mol. The van der Waals surface area contributed by atoms with E-state index >= 15 is 0 Å². The molecule has 0 unspecified atom stereocenters. The summed E-state index contributed by atoms with van der Waals surface area (Å²) in [4.78, 5) is 23.1. The number of primary amides is 2. The van der Waals surface area contributed by atoms with Gasteiger partial charge in [-0.2, -0.15) is 0 Å². The van der Waals surface area contributed by atoms with Gasteiger partial charge in [0.05, 0.1) is 4.90 Å². The van der Waals surface area contributed by atoms with E-state index in [2.05, 4.69) is 41.7 Å². The van der Waals surface area contributed by atoms with Crippen LogP contribution in [0.1, 0.15) is 7.43 Å². The van der Waals surface area contributed by atoms with Crippen LogP contribution in [0.2, 0.25) is 0 Å². The molecule has 0 bridgehead atoms. The number of amides is 2. The zero-order chi connectivity index (χ0) is 26.0. The summed E-state index contributed by atoms with van der Waals surface area (Å²) in [6, 6.07) is 26.0. The molecule has 9 nitrogen and oxygen atoms in total. The van der Waals surface area contributed by atoms with Gasteiger partial charge in [0.1, 0.15) is 5.69 Å². The lowest BCUT2D eigenvalue weighted by molar-refractivity contribution is 0.266. The van der Waals surface area contributed by atoms with Crippen molar-refractivity contribution >= 4 is 45.6 Å². The first kappa shape index (κ1) is 33.4. The highest BCUT2D eigenvalue weighted by Crippen LogP contribution is 2.38. The lowest BCUT2D eigenvalue weighted by Crippen LogP contribution is -1.99. The number of carbonyl (C=O) groups excluding carboxylic acids is 2. The third kappa shape index (κ3) is 10.5. The Labute approximate surface area is 227 Å². The van der Waals surface area contributed by atoms with Crippen LogP contribution in [0.5, 0.6) is 0 Å². The van der Waals surface area contributed by atoms with Crippen LogP contribution in [0.4, 0.5) is 9.59 Å². The first-order valence-corrected chi connectivity index (χ1v) is 12.7. The van der Waals surface area contributed by atoms with Crippen molar-refractivity contribution in [2.75, 3.05) is 6.26 Å². The molecule has 198 valence electrons. The molecule has 0 fully saturated rings. The minimum absolute atomic E-state index is 0. The van der Waals surface area contributed by atoms with Gasteiger partial charge in [0.15, 0.2) is 15.6 Å². The van der Waals surface area contributed by atoms with Crippen molar-refractivity contribution in [2.24, 2.45) is 11.5 Å². The number of carbonyl (C=O) groups is 2. The first-order chi connectivity index (χ1) is 16.5. The number of nitrogens with two attached hydrogens (primary N) is 2. The van der Waals surface area contributed by atoms with E-state index in [1.54, 1.807) is 24.3 Å². The van der Waals surface area contributed by atoms with Crippen LogP contribution in [-0.2, 0) is 9.84 Å². The molecular weight excluding hydrogens is 534 g/mol. The van der Waals surface area contributed by atoms with Crippen molar-refractivity contribution in [3.8, 4) is 34.0 Å². The molecule has 0 atom stereocenters. The van der Waals surface area contributed by atoms with Crippen LogP contribution in [0.25, 0.3) is 34.0 Å². The smallest absolute Gasteiger partial charge is 0.273 e. The summed E-state index contributed by atoms with van der Waals surface area (Å²) in [7, 11) is -3.42. The van der Waals surface area contributed by atoms with Crippen molar-refractivity contribution in [1.29, 1.82) is 0 Å². The Balaban J connectivity index is 0.00000115. The van der Waals surface area contributed by atoms with Gasteiger partial charge in [0, 0.05) is 22.9 Å². The third-order valence-corrected chi connectivity index (χ3v) is 5.38. The zero-order valence-corrected chi connectivity index (χ0v) is 21.6. The normalized spacial score (nSPS) is 9.70. The number of thiol groups is 2. The van der Waals surface area contributed by atoms with E-state index in [0.717, 1.165) is 11.1 Å². The van der Waals surface area contributed by atoms with Crippen LogP contribution in [-0.4, -0.2) is 35.6 Å². The van der Waals surface area contributed by atoms with Crippen LogP contribution < -0.4 is 11.5 Å². The SMILES string of the molecule is C.CS(=O)(=O)c1ccccc1-c1oc(-c2ccccc2)nc1-c1ccccc1.NC(=O)S.NC(=O)S.O. The van der Waals surface area contributed by atoms with E-state index in [1.165, 1.54) is 6.26 Å². The number of aromatic nitrogens is 1. The second-order valence-corrected chi connectivity index (χ2v) is 9.74. The fourth-order valence-electron chi connectivity index (χ4n) is 2.98. The average Bonchev–Trinajstić information content (AvgIpc) is 3.24. The van der Waals surface area contributed by atoms with Crippen molar-refractivity contribution in [1.82, 2.24) is 4.98 Å². The Kier molecular flexibility index (Phi) is 14.0. The van der Waals surface area contributed by atoms with Crippen LogP contribution in [0, 0.1) is 0 Å². The van der Waals surface area contributed by atoms with E-state index in [0.29, 0.717) is 22.9 Å². The van der Waals surface area contributed by atoms with Gasteiger partial charge >= 0.3 is 0 Å². The van der Waals surface area contributed by atoms with E-state index in [1.807, 2.05) is 60.7 Å². The molecule has 4 rings (SSSR count). The van der Waals surface area contributed by atoms with Crippen LogP contribution in [0.3, 0.4) is 0 Å². The number of benzene rings is 3. The second kappa shape index (κ2) is 15.5. The molecule has 0 saturated heterocycles. The van der Waals surface area contributed by atoms with E-state index < -0.39 is 20.3 Å². The van der Waals surface area contributed by atoms with Crippen molar-refractivity contribution in [3.05, 3.63) is 84.9 Å². The largest absolute Gasteiger partial charge is 0.435 e. The van der Waals surface area contributed by atoms with Gasteiger partial charge in [-0.3, -0.25) is 9.59 Å². The Hall–Kier alpha value is -3.58. The van der Waals surface area contributed by atoms with Gasteiger partial charge in [0.2, 0.25) is 5.89 Å². The zero-order valence-electron chi connectivity index (χ0n) is 19.0. The van der Waals surface area contributed by atoms with E-state index in [4.69, 9.17) is 14.0 Å². The molecule has 0 aliphatic rings. The summed E-state index contributed by atoms with van der Waals surface area (Å²) in [6.07, 6.45) is 1.20. The second-order valence-electron chi connectivity index (χ2n) is 6.87. The summed E-state index contributed by atoms with van der Waals surface area (Å²) in [5, 5.41) is -1.28. The van der Waals surface area contributed by atoms with Crippen molar-refractivity contribution in [2.45, 2.75) is 12.3 Å². The fraction of sp³-hybridized carbons (Fsp3) is 0.0800. The van der Waals surface area contributed by atoms with Gasteiger partial charge in [0.25, 0.3) is 10.5 Å². The lowest BCUT2D eigenvalue weighted by Gasteiger charge is -2.07. The predicted molar refractivity (Wildman–Crippen MR) is 153 cm³/mol. The minimum Gasteiger partial charge on any atom is -0.435 e. The Morgan fingerprint density at radius 2 is 1.19 bits per heavy atom. The summed E-state index contributed by atoms with van der Waals surface area (Å²) in [6.45, 7) is 0. The molecule has 2 amide bonds. The summed E-state index contributed by atoms with van der Waals surface area (Å²) in [5.74, 6) is 0.897. The Morgan fingerprint density at radius 1 is 0.784 bits per heavy atom. The molecule has 0 spiro atoms. The quantitative estimate of drug-likeness (QED) is 0.257. The van der Waals surface area contributed by atoms with Crippen LogP contribution >= 0.6 is 25.3 Å². The molecule has 4 aromatic rings. The molecule has 6 N–H and O–H groups in total. The lowest BCUT2D eigenvalue weighted by atomic mass is 10.1. The maximum Gasteiger partial charge on any atom is 0.273 e. The van der Waals surface area contributed by atoms with Gasteiger partial charge in [-0.25, -0.2) is 13.4 Å². The number of hydrogen-bond donors (Lipinski definition) is 4. The standard InChI is InChI=1S/C22H17NO3S.2CH3NOS.CH4.H2O/c1-27(24,25)19-15-9-8-14-18(19)21-20(16-10-4-2-5-11-16)23-22(26-21)17-12-6-3-7-13-17;2*2-1(3)4;;/h2-15H,1H3;2*(H3,2,3,4);1H4;1H2. The minimum atomic E-state index is -3.42. The molecule has 0 aliphatic heterocycles. The number of hydrogen-bond acceptors (Lipinski definition) is 6. The molecule has 12 heteroatoms. The van der Waals surface area contributed by atoms with Gasteiger partial charge < -0.3 is 21.4 Å². The van der Waals surface area contributed by atoms with Crippen molar-refractivity contribution in [3.63, 3.8) is 0 Å². The third-order valence-electron chi connectivity index (χ3n) is 4.23. The summed E-state index contributed by atoms with van der Waals surface area (Å²) < 4.78 is 30.7. The maximum absolute atomic E-state index is 12.3. The van der Waals surface area contributed by atoms with Gasteiger partial charge in [-0.15, -0.1) is 0 Å². The predicted octanol–water partition coefficient (Wildman–Crippen LogP) is 4.88. The number of oxazole rings is 1. The van der Waals surface area contributed by atoms with Crippen molar-refractivity contribution < 1.29 is 27.9 Å². The first-order valence-electron chi connectivity index (χ1n) is 9.88. The topological polar surface area (TPSA) is 178 Å². The summed E-state index contributed by atoms with van der Waals surface area (Å²) >= 11 is 6.21. The Morgan fingerprint density at radius 3 is 1.65 bits per heavy atom. The molecule has 0 aliphatic carbocycles. The van der Waals surface area contributed by atoms with Gasteiger partial charge in [-0.05, 0) is 24.3 Å².